The molecule has 0 radical (unpaired) electrons. The number of nitrogens with zero attached hydrogens (tertiary/aromatic N) is 5. The first-order valence-corrected chi connectivity index (χ1v) is 9.95. The molecule has 0 aliphatic heterocycles. The van der Waals surface area contributed by atoms with Gasteiger partial charge in [0.25, 0.3) is 5.56 Å². The van der Waals surface area contributed by atoms with Gasteiger partial charge in [0, 0.05) is 39.9 Å². The lowest BCUT2D eigenvalue weighted by Gasteiger charge is -2.19. The molecule has 9 nitrogen and oxygen atoms in total. The number of anilines is 1. The van der Waals surface area contributed by atoms with E-state index >= 15 is 0 Å². The molecule has 3 aromatic rings. The Morgan fingerprint density at radius 3 is 2.55 bits per heavy atom. The van der Waals surface area contributed by atoms with Crippen molar-refractivity contribution in [3.8, 4) is 0 Å². The van der Waals surface area contributed by atoms with Gasteiger partial charge in [0.1, 0.15) is 6.54 Å². The number of rotatable bonds is 7. The van der Waals surface area contributed by atoms with Crippen molar-refractivity contribution in [3.05, 3.63) is 55.9 Å². The van der Waals surface area contributed by atoms with E-state index in [9.17, 15) is 14.4 Å². The zero-order chi connectivity index (χ0) is 21.1. The van der Waals surface area contributed by atoms with Crippen LogP contribution in [-0.2, 0) is 25.4 Å². The standard InChI is InChI=1S/C19H23BrN6O3/c1-23(13-8-5-4-6-9-13)11-7-10-21-14(27)12-26-16-15(22-18(26)20)17(28)25(3)19(29)24(16)2/h4-6,8-9H,7,10-12H2,1-3H3,(H,21,27). The molecule has 29 heavy (non-hydrogen) atoms. The van der Waals surface area contributed by atoms with Crippen LogP contribution in [-0.4, -0.2) is 44.7 Å². The fourth-order valence-electron chi connectivity index (χ4n) is 3.16. The van der Waals surface area contributed by atoms with E-state index in [4.69, 9.17) is 0 Å². The molecule has 1 N–H and O–H groups in total. The molecule has 1 aromatic carbocycles. The second kappa shape index (κ2) is 8.64. The Morgan fingerprint density at radius 1 is 1.17 bits per heavy atom. The van der Waals surface area contributed by atoms with Crippen molar-refractivity contribution >= 4 is 38.7 Å². The van der Waals surface area contributed by atoms with E-state index in [-0.39, 0.29) is 18.0 Å². The van der Waals surface area contributed by atoms with Crippen molar-refractivity contribution in [2.45, 2.75) is 13.0 Å². The highest BCUT2D eigenvalue weighted by molar-refractivity contribution is 9.10. The topological polar surface area (TPSA) is 94.2 Å². The molecule has 154 valence electrons. The minimum atomic E-state index is -0.494. The first kappa shape index (κ1) is 20.8. The van der Waals surface area contributed by atoms with Gasteiger partial charge in [0.2, 0.25) is 5.91 Å². The highest BCUT2D eigenvalue weighted by Gasteiger charge is 2.19. The zero-order valence-electron chi connectivity index (χ0n) is 16.6. The smallest absolute Gasteiger partial charge is 0.332 e. The lowest BCUT2D eigenvalue weighted by Crippen LogP contribution is -2.38. The van der Waals surface area contributed by atoms with Crippen LogP contribution in [0.3, 0.4) is 0 Å². The fourth-order valence-corrected chi connectivity index (χ4v) is 3.63. The first-order chi connectivity index (χ1) is 13.8. The van der Waals surface area contributed by atoms with Gasteiger partial charge in [0.05, 0.1) is 0 Å². The van der Waals surface area contributed by atoms with E-state index in [0.29, 0.717) is 16.9 Å². The second-order valence-corrected chi connectivity index (χ2v) is 7.51. The predicted molar refractivity (Wildman–Crippen MR) is 115 cm³/mol. The van der Waals surface area contributed by atoms with Crippen LogP contribution in [0.15, 0.2) is 44.7 Å². The predicted octanol–water partition coefficient (Wildman–Crippen LogP) is 0.839. The van der Waals surface area contributed by atoms with E-state index in [2.05, 4.69) is 31.1 Å². The normalized spacial score (nSPS) is 11.0. The van der Waals surface area contributed by atoms with Crippen LogP contribution in [0.4, 0.5) is 5.69 Å². The summed E-state index contributed by atoms with van der Waals surface area (Å²) in [5.41, 5.74) is 0.602. The number of aromatic nitrogens is 4. The quantitative estimate of drug-likeness (QED) is 0.414. The van der Waals surface area contributed by atoms with E-state index in [1.54, 1.807) is 7.05 Å². The van der Waals surface area contributed by atoms with Crippen LogP contribution < -0.4 is 21.5 Å². The molecule has 0 unspecified atom stereocenters. The highest BCUT2D eigenvalue weighted by Crippen LogP contribution is 2.16. The van der Waals surface area contributed by atoms with Crippen molar-refractivity contribution in [2.75, 3.05) is 25.0 Å². The summed E-state index contributed by atoms with van der Waals surface area (Å²) in [6, 6.07) is 10.0. The lowest BCUT2D eigenvalue weighted by atomic mass is 10.3. The Labute approximate surface area is 175 Å². The number of para-hydroxylation sites is 1. The Balaban J connectivity index is 1.64. The highest BCUT2D eigenvalue weighted by atomic mass is 79.9. The van der Waals surface area contributed by atoms with Gasteiger partial charge in [-0.25, -0.2) is 9.78 Å². The summed E-state index contributed by atoms with van der Waals surface area (Å²) < 4.78 is 4.15. The maximum absolute atomic E-state index is 12.4. The number of halogens is 1. The fraction of sp³-hybridized carbons (Fsp3) is 0.368. The molecule has 3 rings (SSSR count). The third-order valence-corrected chi connectivity index (χ3v) is 5.39. The third kappa shape index (κ3) is 4.26. The number of carbonyl (C=O) groups excluding carboxylic acids is 1. The van der Waals surface area contributed by atoms with Gasteiger partial charge in [-0.1, -0.05) is 18.2 Å². The average molecular weight is 463 g/mol. The first-order valence-electron chi connectivity index (χ1n) is 9.16. The molecule has 2 aromatic heterocycles. The van der Waals surface area contributed by atoms with Crippen molar-refractivity contribution < 1.29 is 4.79 Å². The molecule has 10 heteroatoms. The summed E-state index contributed by atoms with van der Waals surface area (Å²) >= 11 is 3.28. The molecule has 2 heterocycles. The largest absolute Gasteiger partial charge is 0.375 e. The van der Waals surface area contributed by atoms with Crippen LogP contribution in [0.5, 0.6) is 0 Å². The van der Waals surface area contributed by atoms with Crippen LogP contribution in [0.25, 0.3) is 11.2 Å². The minimum Gasteiger partial charge on any atom is -0.375 e. The van der Waals surface area contributed by atoms with Crippen LogP contribution in [0, 0.1) is 0 Å². The van der Waals surface area contributed by atoms with Crippen molar-refractivity contribution in [3.63, 3.8) is 0 Å². The molecule has 0 spiro atoms. The summed E-state index contributed by atoms with van der Waals surface area (Å²) in [7, 11) is 4.95. The maximum Gasteiger partial charge on any atom is 0.332 e. The molecule has 0 atom stereocenters. The number of hydrogen-bond donors (Lipinski definition) is 1. The Hall–Kier alpha value is -2.88. The number of nitrogens with one attached hydrogen (secondary N) is 1. The Kier molecular flexibility index (Phi) is 6.21. The molecular formula is C19H23BrN6O3. The number of fused-ring (bicyclic) bond motifs is 1. The number of aryl methyl sites for hydroxylation is 1. The van der Waals surface area contributed by atoms with E-state index < -0.39 is 11.2 Å². The SMILES string of the molecule is CN(CCCNC(=O)Cn1c(Br)nc2c(=O)n(C)c(=O)n(C)c21)c1ccccc1. The molecule has 0 aliphatic carbocycles. The Morgan fingerprint density at radius 2 is 1.86 bits per heavy atom. The lowest BCUT2D eigenvalue weighted by molar-refractivity contribution is -0.121. The summed E-state index contributed by atoms with van der Waals surface area (Å²) in [6.45, 7) is 1.26. The molecule has 0 fully saturated rings. The Bertz CT molecular complexity index is 1150. The summed E-state index contributed by atoms with van der Waals surface area (Å²) in [5.74, 6) is -0.222. The second-order valence-electron chi connectivity index (χ2n) is 6.81. The molecule has 0 bridgehead atoms. The van der Waals surface area contributed by atoms with Gasteiger partial charge >= 0.3 is 5.69 Å². The number of carbonyl (C=O) groups is 1. The summed E-state index contributed by atoms with van der Waals surface area (Å²) in [6.07, 6.45) is 0.780. The molecule has 1 amide bonds. The van der Waals surface area contributed by atoms with E-state index in [0.717, 1.165) is 23.2 Å². The van der Waals surface area contributed by atoms with Gasteiger partial charge < -0.3 is 10.2 Å². The van der Waals surface area contributed by atoms with Gasteiger partial charge in [-0.2, -0.15) is 0 Å². The molecule has 0 saturated heterocycles. The van der Waals surface area contributed by atoms with Crippen LogP contribution >= 0.6 is 15.9 Å². The van der Waals surface area contributed by atoms with Gasteiger partial charge in [-0.15, -0.1) is 0 Å². The monoisotopic (exact) mass is 462 g/mol. The molecule has 0 saturated carbocycles. The summed E-state index contributed by atoms with van der Waals surface area (Å²) in [5, 5.41) is 2.87. The average Bonchev–Trinajstić information content (AvgIpc) is 3.04. The minimum absolute atomic E-state index is 0.0495. The number of hydrogen-bond acceptors (Lipinski definition) is 5. The molecule has 0 aliphatic rings. The van der Waals surface area contributed by atoms with E-state index in [1.165, 1.54) is 16.2 Å². The van der Waals surface area contributed by atoms with Gasteiger partial charge in [-0.05, 0) is 34.5 Å². The molecular weight excluding hydrogens is 440 g/mol. The zero-order valence-corrected chi connectivity index (χ0v) is 18.1. The van der Waals surface area contributed by atoms with Crippen LogP contribution in [0.2, 0.25) is 0 Å². The number of benzene rings is 1. The van der Waals surface area contributed by atoms with Gasteiger partial charge in [0.15, 0.2) is 15.9 Å². The van der Waals surface area contributed by atoms with Crippen molar-refractivity contribution in [1.29, 1.82) is 0 Å². The maximum atomic E-state index is 12.4. The van der Waals surface area contributed by atoms with Gasteiger partial charge in [-0.3, -0.25) is 23.3 Å². The summed E-state index contributed by atoms with van der Waals surface area (Å²) in [4.78, 5) is 43.2. The number of amides is 1. The van der Waals surface area contributed by atoms with Crippen molar-refractivity contribution in [2.24, 2.45) is 14.1 Å². The number of imidazole rings is 1. The van der Waals surface area contributed by atoms with E-state index in [1.807, 2.05) is 37.4 Å². The third-order valence-electron chi connectivity index (χ3n) is 4.78. The van der Waals surface area contributed by atoms with Crippen LogP contribution in [0.1, 0.15) is 6.42 Å². The van der Waals surface area contributed by atoms with Crippen molar-refractivity contribution in [1.82, 2.24) is 24.0 Å².